The number of nitriles is 1. The summed E-state index contributed by atoms with van der Waals surface area (Å²) >= 11 is 3.56. The van der Waals surface area contributed by atoms with Crippen molar-refractivity contribution in [3.05, 3.63) is 27.7 Å². The first-order valence-corrected chi connectivity index (χ1v) is 7.35. The van der Waals surface area contributed by atoms with Gasteiger partial charge in [0.25, 0.3) is 0 Å². The largest absolute Gasteiger partial charge is 0.493 e. The maximum atomic E-state index is 9.22. The van der Waals surface area contributed by atoms with Gasteiger partial charge >= 0.3 is 0 Å². The molecule has 0 amide bonds. The van der Waals surface area contributed by atoms with E-state index in [1.54, 1.807) is 0 Å². The van der Waals surface area contributed by atoms with Crippen LogP contribution >= 0.6 is 15.9 Å². The van der Waals surface area contributed by atoms with Crippen LogP contribution in [0.5, 0.6) is 5.75 Å². The summed E-state index contributed by atoms with van der Waals surface area (Å²) in [6.07, 6.45) is 0.977. The van der Waals surface area contributed by atoms with Crippen LogP contribution in [-0.2, 0) is 13.0 Å². The third-order valence-electron chi connectivity index (χ3n) is 3.70. The second-order valence-electron chi connectivity index (χ2n) is 4.97. The van der Waals surface area contributed by atoms with Gasteiger partial charge in [0.05, 0.1) is 12.7 Å². The van der Waals surface area contributed by atoms with Gasteiger partial charge in [-0.25, -0.2) is 0 Å². The molecule has 3 rings (SSSR count). The summed E-state index contributed by atoms with van der Waals surface area (Å²) in [6.45, 7) is 4.13. The molecule has 1 N–H and O–H groups in total. The minimum atomic E-state index is -0.0511. The van der Waals surface area contributed by atoms with Crippen LogP contribution in [0.4, 0.5) is 0 Å². The lowest BCUT2D eigenvalue weighted by Crippen LogP contribution is -2.50. The highest BCUT2D eigenvalue weighted by atomic mass is 79.9. The molecule has 2 aliphatic rings. The van der Waals surface area contributed by atoms with Crippen LogP contribution in [0.15, 0.2) is 16.6 Å². The first-order chi connectivity index (χ1) is 9.28. The molecule has 5 heteroatoms. The third kappa shape index (κ3) is 2.62. The van der Waals surface area contributed by atoms with Crippen molar-refractivity contribution in [2.45, 2.75) is 19.0 Å². The van der Waals surface area contributed by atoms with Crippen LogP contribution < -0.4 is 10.1 Å². The van der Waals surface area contributed by atoms with Crippen LogP contribution in [0.1, 0.15) is 11.1 Å². The smallest absolute Gasteiger partial charge is 0.127 e. The van der Waals surface area contributed by atoms with E-state index in [2.05, 4.69) is 44.3 Å². The zero-order valence-electron chi connectivity index (χ0n) is 10.7. The average Bonchev–Trinajstić information content (AvgIpc) is 2.87. The summed E-state index contributed by atoms with van der Waals surface area (Å²) in [5.74, 6) is 1.03. The molecular formula is C14H16BrN3O. The molecule has 100 valence electrons. The molecule has 0 radical (unpaired) electrons. The molecule has 1 fully saturated rings. The molecule has 0 aromatic heterocycles. The molecule has 2 aliphatic heterocycles. The molecule has 2 heterocycles. The van der Waals surface area contributed by atoms with Gasteiger partial charge in [0.2, 0.25) is 0 Å². The molecule has 0 saturated carbocycles. The first-order valence-electron chi connectivity index (χ1n) is 6.56. The van der Waals surface area contributed by atoms with Gasteiger partial charge in [-0.3, -0.25) is 4.90 Å². The average molecular weight is 322 g/mol. The molecule has 0 spiro atoms. The lowest BCUT2D eigenvalue weighted by Gasteiger charge is -2.32. The summed E-state index contributed by atoms with van der Waals surface area (Å²) in [6, 6.07) is 6.56. The van der Waals surface area contributed by atoms with Gasteiger partial charge in [0.15, 0.2) is 0 Å². The molecule has 1 aromatic carbocycles. The monoisotopic (exact) mass is 321 g/mol. The summed E-state index contributed by atoms with van der Waals surface area (Å²) < 4.78 is 6.84. The number of fused-ring (bicyclic) bond motifs is 1. The molecule has 1 atom stereocenters. The van der Waals surface area contributed by atoms with Crippen molar-refractivity contribution in [2.75, 3.05) is 26.2 Å². The van der Waals surface area contributed by atoms with E-state index in [0.717, 1.165) is 49.4 Å². The minimum absolute atomic E-state index is 0.0511. The van der Waals surface area contributed by atoms with Crippen molar-refractivity contribution in [2.24, 2.45) is 0 Å². The molecule has 0 aliphatic carbocycles. The van der Waals surface area contributed by atoms with E-state index in [1.165, 1.54) is 11.1 Å². The second-order valence-corrected chi connectivity index (χ2v) is 5.89. The number of nitrogens with one attached hydrogen (secondary N) is 1. The number of nitrogens with zero attached hydrogens (tertiary/aromatic N) is 2. The number of halogens is 1. The molecule has 1 unspecified atom stereocenters. The Hall–Kier alpha value is -1.09. The maximum absolute atomic E-state index is 9.22. The number of benzene rings is 1. The van der Waals surface area contributed by atoms with Gasteiger partial charge in [0, 0.05) is 42.6 Å². The minimum Gasteiger partial charge on any atom is -0.493 e. The van der Waals surface area contributed by atoms with Crippen molar-refractivity contribution in [3.8, 4) is 11.8 Å². The third-order valence-corrected chi connectivity index (χ3v) is 4.16. The van der Waals surface area contributed by atoms with Gasteiger partial charge in [-0.15, -0.1) is 0 Å². The Morgan fingerprint density at radius 2 is 2.42 bits per heavy atom. The Morgan fingerprint density at radius 1 is 1.53 bits per heavy atom. The van der Waals surface area contributed by atoms with E-state index >= 15 is 0 Å². The predicted molar refractivity (Wildman–Crippen MR) is 76.0 cm³/mol. The van der Waals surface area contributed by atoms with Crippen molar-refractivity contribution in [1.82, 2.24) is 10.2 Å². The Labute approximate surface area is 121 Å². The molecule has 19 heavy (non-hydrogen) atoms. The molecule has 1 aromatic rings. The lowest BCUT2D eigenvalue weighted by molar-refractivity contribution is 0.187. The van der Waals surface area contributed by atoms with Gasteiger partial charge in [-0.1, -0.05) is 15.9 Å². The van der Waals surface area contributed by atoms with E-state index in [4.69, 9.17) is 4.74 Å². The van der Waals surface area contributed by atoms with E-state index < -0.39 is 0 Å². The number of rotatable bonds is 2. The first kappa shape index (κ1) is 12.9. The Morgan fingerprint density at radius 3 is 3.26 bits per heavy atom. The van der Waals surface area contributed by atoms with Crippen molar-refractivity contribution >= 4 is 15.9 Å². The van der Waals surface area contributed by atoms with Crippen molar-refractivity contribution < 1.29 is 4.74 Å². The van der Waals surface area contributed by atoms with E-state index in [0.29, 0.717) is 0 Å². The highest BCUT2D eigenvalue weighted by Gasteiger charge is 2.25. The Balaban J connectivity index is 1.85. The van der Waals surface area contributed by atoms with Crippen LogP contribution in [0.3, 0.4) is 0 Å². The van der Waals surface area contributed by atoms with Crippen molar-refractivity contribution in [3.63, 3.8) is 0 Å². The van der Waals surface area contributed by atoms with E-state index in [-0.39, 0.29) is 6.04 Å². The fraction of sp³-hybridized carbons (Fsp3) is 0.500. The maximum Gasteiger partial charge on any atom is 0.127 e. The van der Waals surface area contributed by atoms with E-state index in [9.17, 15) is 5.26 Å². The fourth-order valence-corrected chi connectivity index (χ4v) is 3.30. The standard InChI is InChI=1S/C14H16BrN3O/c15-12-5-10-1-4-19-14(10)11(6-12)9-18-3-2-17-8-13(18)7-16/h5-6,13,17H,1-4,8-9H2. The van der Waals surface area contributed by atoms with Gasteiger partial charge < -0.3 is 10.1 Å². The summed E-state index contributed by atoms with van der Waals surface area (Å²) in [7, 11) is 0. The van der Waals surface area contributed by atoms with Crippen LogP contribution in [0.25, 0.3) is 0 Å². The summed E-state index contributed by atoms with van der Waals surface area (Å²) in [5, 5.41) is 12.5. The number of piperazine rings is 1. The molecule has 0 bridgehead atoms. The van der Waals surface area contributed by atoms with Crippen LogP contribution in [0.2, 0.25) is 0 Å². The molecular weight excluding hydrogens is 306 g/mol. The highest BCUT2D eigenvalue weighted by molar-refractivity contribution is 9.10. The quantitative estimate of drug-likeness (QED) is 0.900. The highest BCUT2D eigenvalue weighted by Crippen LogP contribution is 2.34. The van der Waals surface area contributed by atoms with Gasteiger partial charge in [0.1, 0.15) is 11.8 Å². The fourth-order valence-electron chi connectivity index (χ4n) is 2.75. The van der Waals surface area contributed by atoms with Gasteiger partial charge in [-0.05, 0) is 17.7 Å². The van der Waals surface area contributed by atoms with Crippen LogP contribution in [-0.4, -0.2) is 37.2 Å². The molecule has 1 saturated heterocycles. The Bertz CT molecular complexity index is 526. The topological polar surface area (TPSA) is 48.3 Å². The second kappa shape index (κ2) is 5.49. The normalized spacial score (nSPS) is 22.6. The summed E-state index contributed by atoms with van der Waals surface area (Å²) in [5.41, 5.74) is 2.46. The van der Waals surface area contributed by atoms with E-state index in [1.807, 2.05) is 0 Å². The number of hydrogen-bond acceptors (Lipinski definition) is 4. The summed E-state index contributed by atoms with van der Waals surface area (Å²) in [4.78, 5) is 2.22. The number of ether oxygens (including phenoxy) is 1. The van der Waals surface area contributed by atoms with Crippen LogP contribution in [0, 0.1) is 11.3 Å². The predicted octanol–water partition coefficient (Wildman–Crippen LogP) is 1.68. The molecule has 4 nitrogen and oxygen atoms in total. The lowest BCUT2D eigenvalue weighted by atomic mass is 10.1. The zero-order valence-corrected chi connectivity index (χ0v) is 12.2. The Kier molecular flexibility index (Phi) is 3.74. The number of hydrogen-bond donors (Lipinski definition) is 1. The van der Waals surface area contributed by atoms with Gasteiger partial charge in [-0.2, -0.15) is 5.26 Å². The van der Waals surface area contributed by atoms with Crippen molar-refractivity contribution in [1.29, 1.82) is 5.26 Å². The SMILES string of the molecule is N#CC1CNCCN1Cc1cc(Br)cc2c1OCC2. The zero-order chi connectivity index (χ0) is 13.2.